The molecule has 1 unspecified atom stereocenters. The molecule has 5 aromatic rings. The minimum absolute atomic E-state index is 0.400. The number of halogens is 1. The molecule has 2 amide bonds. The van der Waals surface area contributed by atoms with Crippen LogP contribution in [0.3, 0.4) is 0 Å². The molecule has 0 bridgehead atoms. The SMILES string of the molecule is NC(=O)N(c1ccc(Cl)cc1)c1c(-c2cccc3c4c(ccc23)C2=C(CC4)C(O)CC=C2)ccc2ccccc12. The van der Waals surface area contributed by atoms with Gasteiger partial charge in [0.15, 0.2) is 0 Å². The van der Waals surface area contributed by atoms with Crippen LogP contribution in [0.15, 0.2) is 109 Å². The van der Waals surface area contributed by atoms with Crippen molar-refractivity contribution in [3.8, 4) is 11.1 Å². The highest BCUT2D eigenvalue weighted by molar-refractivity contribution is 6.30. The molecule has 40 heavy (non-hydrogen) atoms. The van der Waals surface area contributed by atoms with E-state index in [9.17, 15) is 9.90 Å². The molecule has 0 radical (unpaired) electrons. The molecule has 2 aliphatic rings. The zero-order chi connectivity index (χ0) is 27.4. The van der Waals surface area contributed by atoms with Gasteiger partial charge in [0.2, 0.25) is 0 Å². The zero-order valence-electron chi connectivity index (χ0n) is 21.8. The molecule has 1 atom stereocenters. The minimum atomic E-state index is -0.570. The summed E-state index contributed by atoms with van der Waals surface area (Å²) in [6.45, 7) is 0. The van der Waals surface area contributed by atoms with E-state index in [4.69, 9.17) is 17.3 Å². The highest BCUT2D eigenvalue weighted by atomic mass is 35.5. The quantitative estimate of drug-likeness (QED) is 0.240. The molecule has 3 N–H and O–H groups in total. The van der Waals surface area contributed by atoms with Crippen LogP contribution < -0.4 is 10.6 Å². The van der Waals surface area contributed by atoms with Gasteiger partial charge >= 0.3 is 6.03 Å². The maximum absolute atomic E-state index is 13.1. The third-order valence-electron chi connectivity index (χ3n) is 8.22. The average molecular weight is 543 g/mol. The Kier molecular flexibility index (Phi) is 5.96. The van der Waals surface area contributed by atoms with Crippen LogP contribution in [-0.2, 0) is 6.42 Å². The third-order valence-corrected chi connectivity index (χ3v) is 8.47. The highest BCUT2D eigenvalue weighted by Gasteiger charge is 2.27. The maximum Gasteiger partial charge on any atom is 0.323 e. The summed E-state index contributed by atoms with van der Waals surface area (Å²) in [7, 11) is 0. The molecule has 0 aliphatic heterocycles. The van der Waals surface area contributed by atoms with Gasteiger partial charge in [-0.15, -0.1) is 0 Å². The highest BCUT2D eigenvalue weighted by Crippen LogP contribution is 2.46. The number of urea groups is 1. The number of hydrogen-bond acceptors (Lipinski definition) is 2. The summed E-state index contributed by atoms with van der Waals surface area (Å²) < 4.78 is 0. The number of nitrogens with zero attached hydrogens (tertiary/aromatic N) is 1. The normalized spacial score (nSPS) is 16.2. The first kappa shape index (κ1) is 24.6. The van der Waals surface area contributed by atoms with E-state index in [0.29, 0.717) is 17.1 Å². The number of hydrogen-bond donors (Lipinski definition) is 2. The van der Waals surface area contributed by atoms with Gasteiger partial charge in [-0.05, 0) is 87.5 Å². The first-order valence-corrected chi connectivity index (χ1v) is 13.9. The second kappa shape index (κ2) is 9.67. The number of aliphatic hydroxyl groups excluding tert-OH is 1. The van der Waals surface area contributed by atoms with Gasteiger partial charge in [0.1, 0.15) is 0 Å². The van der Waals surface area contributed by atoms with E-state index in [0.717, 1.165) is 57.0 Å². The van der Waals surface area contributed by atoms with Crippen LogP contribution >= 0.6 is 11.6 Å². The van der Waals surface area contributed by atoms with Crippen LogP contribution in [0, 0.1) is 0 Å². The van der Waals surface area contributed by atoms with Gasteiger partial charge in [-0.2, -0.15) is 0 Å². The number of aryl methyl sites for hydroxylation is 1. The predicted octanol–water partition coefficient (Wildman–Crippen LogP) is 8.55. The van der Waals surface area contributed by atoms with Crippen molar-refractivity contribution in [3.63, 3.8) is 0 Å². The Hall–Kier alpha value is -4.38. The number of allylic oxidation sites excluding steroid dienone is 2. The van der Waals surface area contributed by atoms with Crippen molar-refractivity contribution < 1.29 is 9.90 Å². The van der Waals surface area contributed by atoms with E-state index in [-0.39, 0.29) is 0 Å². The molecule has 0 aromatic heterocycles. The molecule has 7 rings (SSSR count). The largest absolute Gasteiger partial charge is 0.388 e. The van der Waals surface area contributed by atoms with Gasteiger partial charge in [0, 0.05) is 16.0 Å². The summed E-state index contributed by atoms with van der Waals surface area (Å²) in [6.07, 6.45) is 6.24. The lowest BCUT2D eigenvalue weighted by molar-refractivity contribution is 0.209. The summed E-state index contributed by atoms with van der Waals surface area (Å²) in [5.74, 6) is 0. The molecule has 0 saturated carbocycles. The number of nitrogens with two attached hydrogens (primary N) is 1. The number of benzene rings is 5. The lowest BCUT2D eigenvalue weighted by Gasteiger charge is -2.29. The van der Waals surface area contributed by atoms with E-state index < -0.39 is 12.1 Å². The van der Waals surface area contributed by atoms with E-state index in [2.05, 4.69) is 54.6 Å². The molecule has 0 saturated heterocycles. The Bertz CT molecular complexity index is 1890. The number of aliphatic hydroxyl groups is 1. The van der Waals surface area contributed by atoms with Crippen molar-refractivity contribution in [1.82, 2.24) is 0 Å². The molecule has 2 aliphatic carbocycles. The van der Waals surface area contributed by atoms with Crippen LogP contribution in [0.4, 0.5) is 16.2 Å². The Balaban J connectivity index is 1.49. The van der Waals surface area contributed by atoms with Gasteiger partial charge in [-0.3, -0.25) is 4.90 Å². The van der Waals surface area contributed by atoms with Crippen LogP contribution in [0.25, 0.3) is 38.2 Å². The zero-order valence-corrected chi connectivity index (χ0v) is 22.5. The Labute approximate surface area is 237 Å². The van der Waals surface area contributed by atoms with Crippen molar-refractivity contribution in [2.24, 2.45) is 5.73 Å². The fourth-order valence-corrected chi connectivity index (χ4v) is 6.54. The summed E-state index contributed by atoms with van der Waals surface area (Å²) >= 11 is 6.18. The molecular formula is C35H27ClN2O2. The Morgan fingerprint density at radius 2 is 1.57 bits per heavy atom. The van der Waals surface area contributed by atoms with Crippen molar-refractivity contribution in [3.05, 3.63) is 125 Å². The van der Waals surface area contributed by atoms with E-state index in [1.165, 1.54) is 16.5 Å². The van der Waals surface area contributed by atoms with Gasteiger partial charge < -0.3 is 10.8 Å². The van der Waals surface area contributed by atoms with Gasteiger partial charge in [0.05, 0.1) is 17.5 Å². The first-order valence-electron chi connectivity index (χ1n) is 13.5. The monoisotopic (exact) mass is 542 g/mol. The molecule has 0 spiro atoms. The number of primary amides is 1. The first-order chi connectivity index (χ1) is 19.5. The molecule has 4 nitrogen and oxygen atoms in total. The van der Waals surface area contributed by atoms with Crippen LogP contribution in [0.5, 0.6) is 0 Å². The van der Waals surface area contributed by atoms with E-state index in [1.807, 2.05) is 36.4 Å². The van der Waals surface area contributed by atoms with Crippen LogP contribution in [0.1, 0.15) is 24.0 Å². The number of amides is 2. The molecule has 0 heterocycles. The van der Waals surface area contributed by atoms with Gasteiger partial charge in [-0.1, -0.05) is 90.5 Å². The van der Waals surface area contributed by atoms with Crippen molar-refractivity contribution in [2.45, 2.75) is 25.4 Å². The van der Waals surface area contributed by atoms with Gasteiger partial charge in [-0.25, -0.2) is 4.79 Å². The molecule has 0 fully saturated rings. The molecule has 196 valence electrons. The molecule has 5 heteroatoms. The molecular weight excluding hydrogens is 516 g/mol. The van der Waals surface area contributed by atoms with Crippen molar-refractivity contribution in [1.29, 1.82) is 0 Å². The Morgan fingerprint density at radius 3 is 2.40 bits per heavy atom. The minimum Gasteiger partial charge on any atom is -0.388 e. The number of carbonyl (C=O) groups excluding carboxylic acids is 1. The van der Waals surface area contributed by atoms with Crippen LogP contribution in [0.2, 0.25) is 5.02 Å². The van der Waals surface area contributed by atoms with Crippen LogP contribution in [-0.4, -0.2) is 17.2 Å². The van der Waals surface area contributed by atoms with Gasteiger partial charge in [0.25, 0.3) is 0 Å². The number of carbonyl (C=O) groups is 1. The fraction of sp³-hybridized carbons (Fsp3) is 0.114. The lowest BCUT2D eigenvalue weighted by Crippen LogP contribution is -2.32. The number of anilines is 2. The number of fused-ring (bicyclic) bond motifs is 5. The predicted molar refractivity (Wildman–Crippen MR) is 165 cm³/mol. The second-order valence-electron chi connectivity index (χ2n) is 10.4. The summed E-state index contributed by atoms with van der Waals surface area (Å²) in [5, 5.41) is 15.4. The van der Waals surface area contributed by atoms with Crippen molar-refractivity contribution in [2.75, 3.05) is 4.90 Å². The second-order valence-corrected chi connectivity index (χ2v) is 10.9. The van der Waals surface area contributed by atoms with E-state index in [1.54, 1.807) is 17.0 Å². The summed E-state index contributed by atoms with van der Waals surface area (Å²) in [4.78, 5) is 14.7. The lowest BCUT2D eigenvalue weighted by atomic mass is 9.78. The average Bonchev–Trinajstić information content (AvgIpc) is 2.98. The maximum atomic E-state index is 13.1. The summed E-state index contributed by atoms with van der Waals surface area (Å²) in [6, 6.07) is 29.5. The Morgan fingerprint density at radius 1 is 0.800 bits per heavy atom. The summed E-state index contributed by atoms with van der Waals surface area (Å²) in [5.41, 5.74) is 14.2. The fourth-order valence-electron chi connectivity index (χ4n) is 6.41. The number of rotatable bonds is 3. The van der Waals surface area contributed by atoms with E-state index >= 15 is 0 Å². The smallest absolute Gasteiger partial charge is 0.323 e. The molecule has 5 aromatic carbocycles. The third kappa shape index (κ3) is 3.91. The standard InChI is InChI=1S/C35H27ClN2O2/c36-22-12-14-23(15-13-22)38(35(37)40)34-24-6-2-1-5-21(24)11-16-32(34)27-8-3-7-25-28(27)17-18-30-26-9-4-10-33(39)31(26)20-19-29(25)30/h1-9,11-18,33,39H,10,19-20H2,(H2,37,40). The van der Waals surface area contributed by atoms with Crippen molar-refractivity contribution >= 4 is 56.1 Å². The topological polar surface area (TPSA) is 66.6 Å².